The molecule has 1 aromatic carbocycles. The van der Waals surface area contributed by atoms with Gasteiger partial charge in [-0.1, -0.05) is 32.0 Å². The summed E-state index contributed by atoms with van der Waals surface area (Å²) in [4.78, 5) is 31.1. The van der Waals surface area contributed by atoms with Crippen LogP contribution in [-0.4, -0.2) is 23.6 Å². The van der Waals surface area contributed by atoms with Crippen LogP contribution in [0.5, 0.6) is 0 Å². The summed E-state index contributed by atoms with van der Waals surface area (Å²) >= 11 is 0. The van der Waals surface area contributed by atoms with E-state index in [9.17, 15) is 22.8 Å². The quantitative estimate of drug-likeness (QED) is 0.534. The molecule has 1 fully saturated rings. The van der Waals surface area contributed by atoms with Gasteiger partial charge in [0.25, 0.3) is 0 Å². The van der Waals surface area contributed by atoms with Crippen LogP contribution in [0, 0.1) is 11.3 Å². The number of carbonyl (C=O) groups is 2. The number of Topliss-reactive ketones (excluding diaryl/α,β-unsaturated/α-hetero) is 1. The third-order valence-corrected chi connectivity index (χ3v) is 6.74. The zero-order chi connectivity index (χ0) is 23.3. The first-order valence-electron chi connectivity index (χ1n) is 11.2. The lowest BCUT2D eigenvalue weighted by atomic mass is 9.66. The summed E-state index contributed by atoms with van der Waals surface area (Å²) in [5, 5.41) is 0. The molecule has 0 saturated heterocycles. The highest BCUT2D eigenvalue weighted by Gasteiger charge is 2.49. The molecule has 0 spiro atoms. The predicted molar refractivity (Wildman–Crippen MR) is 114 cm³/mol. The van der Waals surface area contributed by atoms with Crippen molar-refractivity contribution in [3.8, 4) is 0 Å². The molecule has 1 heterocycles. The summed E-state index contributed by atoms with van der Waals surface area (Å²) in [5.74, 6) is -2.95. The number of nitrogens with zero attached hydrogens (tertiary/aromatic N) is 1. The fourth-order valence-electron chi connectivity index (χ4n) is 5.36. The Bertz CT molecular complexity index is 1000. The fraction of sp³-hybridized carbons (Fsp3) is 0.560. The van der Waals surface area contributed by atoms with E-state index in [0.29, 0.717) is 17.8 Å². The van der Waals surface area contributed by atoms with Gasteiger partial charge >= 0.3 is 12.1 Å². The molecule has 1 aromatic rings. The maximum absolute atomic E-state index is 14.0. The molecule has 1 unspecified atom stereocenters. The number of hydrogen-bond acceptors (Lipinski definition) is 4. The molecule has 4 rings (SSSR count). The maximum Gasteiger partial charge on any atom is 0.416 e. The summed E-state index contributed by atoms with van der Waals surface area (Å²) in [5.41, 5.74) is -0.105. The second-order valence-electron chi connectivity index (χ2n) is 9.94. The van der Waals surface area contributed by atoms with Gasteiger partial charge in [-0.05, 0) is 56.1 Å². The van der Waals surface area contributed by atoms with Crippen molar-refractivity contribution in [3.05, 3.63) is 46.7 Å². The van der Waals surface area contributed by atoms with Gasteiger partial charge in [-0.15, -0.1) is 0 Å². The number of halogens is 3. The molecule has 2 atom stereocenters. The molecule has 7 heteroatoms. The van der Waals surface area contributed by atoms with Crippen LogP contribution in [0.25, 0.3) is 0 Å². The van der Waals surface area contributed by atoms with Crippen LogP contribution in [0.4, 0.5) is 13.2 Å². The Morgan fingerprint density at radius 3 is 2.44 bits per heavy atom. The average molecular weight is 447 g/mol. The van der Waals surface area contributed by atoms with E-state index in [2.05, 4.69) is 4.99 Å². The molecule has 4 nitrogen and oxygen atoms in total. The molecular weight excluding hydrogens is 419 g/mol. The highest BCUT2D eigenvalue weighted by molar-refractivity contribution is 6.09. The number of alkyl halides is 3. The van der Waals surface area contributed by atoms with E-state index in [1.54, 1.807) is 6.92 Å². The number of benzene rings is 1. The lowest BCUT2D eigenvalue weighted by Gasteiger charge is -2.39. The Morgan fingerprint density at radius 1 is 1.12 bits per heavy atom. The largest absolute Gasteiger partial charge is 0.462 e. The second-order valence-corrected chi connectivity index (χ2v) is 9.94. The molecule has 0 aromatic heterocycles. The highest BCUT2D eigenvalue weighted by Crippen LogP contribution is 2.50. The van der Waals surface area contributed by atoms with E-state index in [-0.39, 0.29) is 34.9 Å². The molecule has 2 aliphatic carbocycles. The van der Waals surface area contributed by atoms with Crippen molar-refractivity contribution in [1.29, 1.82) is 0 Å². The molecule has 1 aliphatic heterocycles. The Labute approximate surface area is 185 Å². The van der Waals surface area contributed by atoms with Gasteiger partial charge in [-0.3, -0.25) is 14.6 Å². The summed E-state index contributed by atoms with van der Waals surface area (Å²) in [6.07, 6.45) is -0.756. The van der Waals surface area contributed by atoms with E-state index >= 15 is 0 Å². The van der Waals surface area contributed by atoms with Gasteiger partial charge in [0.05, 0.1) is 5.56 Å². The van der Waals surface area contributed by atoms with Gasteiger partial charge in [0.15, 0.2) is 5.78 Å². The first-order chi connectivity index (χ1) is 15.0. The minimum Gasteiger partial charge on any atom is -0.462 e. The van der Waals surface area contributed by atoms with Crippen molar-refractivity contribution in [1.82, 2.24) is 0 Å². The molecule has 3 aliphatic rings. The van der Waals surface area contributed by atoms with E-state index in [1.807, 2.05) is 13.8 Å². The number of esters is 1. The number of rotatable bonds is 3. The zero-order valence-electron chi connectivity index (χ0n) is 18.6. The van der Waals surface area contributed by atoms with Gasteiger partial charge in [0, 0.05) is 29.3 Å². The molecule has 1 saturated carbocycles. The van der Waals surface area contributed by atoms with Gasteiger partial charge in [0.2, 0.25) is 0 Å². The minimum absolute atomic E-state index is 0.0665. The van der Waals surface area contributed by atoms with Crippen molar-refractivity contribution in [3.63, 3.8) is 0 Å². The molecule has 32 heavy (non-hydrogen) atoms. The molecule has 0 N–H and O–H groups in total. The Balaban J connectivity index is 1.86. The summed E-state index contributed by atoms with van der Waals surface area (Å²) in [6.45, 7) is 5.54. The molecule has 0 radical (unpaired) electrons. The van der Waals surface area contributed by atoms with Crippen molar-refractivity contribution in [2.24, 2.45) is 16.3 Å². The summed E-state index contributed by atoms with van der Waals surface area (Å²) in [6, 6.07) is 5.22. The van der Waals surface area contributed by atoms with E-state index < -0.39 is 29.5 Å². The van der Waals surface area contributed by atoms with Crippen LogP contribution in [0.15, 0.2) is 40.5 Å². The topological polar surface area (TPSA) is 55.7 Å². The van der Waals surface area contributed by atoms with E-state index in [1.165, 1.54) is 18.2 Å². The lowest BCUT2D eigenvalue weighted by molar-refractivity contribution is -0.152. The van der Waals surface area contributed by atoms with Gasteiger partial charge in [-0.2, -0.15) is 13.2 Å². The first kappa shape index (κ1) is 22.7. The lowest BCUT2D eigenvalue weighted by Crippen LogP contribution is -2.40. The summed E-state index contributed by atoms with van der Waals surface area (Å²) in [7, 11) is 0. The Hall–Kier alpha value is -2.44. The minimum atomic E-state index is -4.61. The smallest absolute Gasteiger partial charge is 0.416 e. The number of hydrogen-bond donors (Lipinski definition) is 0. The van der Waals surface area contributed by atoms with Crippen molar-refractivity contribution >= 4 is 17.5 Å². The predicted octanol–water partition coefficient (Wildman–Crippen LogP) is 6.01. The number of allylic oxidation sites excluding steroid dienone is 2. The maximum atomic E-state index is 14.0. The molecule has 0 bridgehead atoms. The van der Waals surface area contributed by atoms with Gasteiger partial charge in [-0.25, -0.2) is 0 Å². The van der Waals surface area contributed by atoms with Crippen molar-refractivity contribution in [2.45, 2.75) is 77.5 Å². The Morgan fingerprint density at radius 2 is 1.78 bits per heavy atom. The van der Waals surface area contributed by atoms with E-state index in [0.717, 1.165) is 31.7 Å². The normalized spacial score (nSPS) is 26.1. The van der Waals surface area contributed by atoms with E-state index in [4.69, 9.17) is 4.74 Å². The van der Waals surface area contributed by atoms with Gasteiger partial charge < -0.3 is 4.74 Å². The molecule has 0 amide bonds. The van der Waals surface area contributed by atoms with Crippen LogP contribution < -0.4 is 0 Å². The standard InChI is InChI=1S/C25H28F3NO3/c1-14-20(23(31)32-15-8-4-5-9-15)21(16-10-6-7-11-17(16)25(26,27)28)22-18(29-14)12-24(2,3)13-19(22)30/h6-7,10-11,15,20-21H,4-5,8-9,12-13H2,1-3H3/t20?,21-/m1/s1. The van der Waals surface area contributed by atoms with Crippen LogP contribution in [0.3, 0.4) is 0 Å². The number of ketones is 1. The average Bonchev–Trinajstić information content (AvgIpc) is 3.18. The summed E-state index contributed by atoms with van der Waals surface area (Å²) < 4.78 is 47.6. The first-order valence-corrected chi connectivity index (χ1v) is 11.2. The fourth-order valence-corrected chi connectivity index (χ4v) is 5.36. The van der Waals surface area contributed by atoms with Crippen LogP contribution in [0.1, 0.15) is 76.3 Å². The number of carbonyl (C=O) groups excluding carboxylic acids is 2. The third kappa shape index (κ3) is 4.26. The SMILES string of the molecule is CC1=NC2=C(C(=O)CC(C)(C)C2)[C@H](c2ccccc2C(F)(F)F)C1C(=O)OC1CCCC1. The zero-order valence-corrected chi connectivity index (χ0v) is 18.6. The highest BCUT2D eigenvalue weighted by atomic mass is 19.4. The van der Waals surface area contributed by atoms with Crippen LogP contribution >= 0.6 is 0 Å². The van der Waals surface area contributed by atoms with Crippen molar-refractivity contribution in [2.75, 3.05) is 0 Å². The van der Waals surface area contributed by atoms with Crippen molar-refractivity contribution < 1.29 is 27.5 Å². The van der Waals surface area contributed by atoms with Gasteiger partial charge in [0.1, 0.15) is 12.0 Å². The number of ether oxygens (including phenoxy) is 1. The third-order valence-electron chi connectivity index (χ3n) is 6.74. The number of aliphatic imine (C=N–C) groups is 1. The van der Waals surface area contributed by atoms with Crippen LogP contribution in [0.2, 0.25) is 0 Å². The monoisotopic (exact) mass is 447 g/mol. The molecular formula is C25H28F3NO3. The second kappa shape index (κ2) is 8.16. The Kier molecular flexibility index (Phi) is 5.80. The van der Waals surface area contributed by atoms with Crippen LogP contribution in [-0.2, 0) is 20.5 Å². The molecule has 172 valence electrons.